The summed E-state index contributed by atoms with van der Waals surface area (Å²) < 4.78 is 38.9. The average molecular weight is 642 g/mol. The summed E-state index contributed by atoms with van der Waals surface area (Å²) in [7, 11) is -2.77. The zero-order valence-electron chi connectivity index (χ0n) is 25.4. The third-order valence-corrected chi connectivity index (χ3v) is 9.03. The van der Waals surface area contributed by atoms with Crippen molar-refractivity contribution < 1.29 is 32.1 Å². The van der Waals surface area contributed by atoms with Crippen molar-refractivity contribution in [3.05, 3.63) is 112 Å². The average Bonchev–Trinajstić information content (AvgIpc) is 3.40. The molecule has 1 amide bonds. The fourth-order valence-electron chi connectivity index (χ4n) is 5.13. The van der Waals surface area contributed by atoms with Crippen LogP contribution in [0.15, 0.2) is 100 Å². The molecule has 1 heterocycles. The Hall–Kier alpha value is -5.33. The molecule has 1 atom stereocenters. The first-order valence-corrected chi connectivity index (χ1v) is 15.8. The third-order valence-electron chi connectivity index (χ3n) is 7.57. The number of furan rings is 1. The normalized spacial score (nSPS) is 12.2. The van der Waals surface area contributed by atoms with Crippen molar-refractivity contribution in [3.8, 4) is 22.3 Å². The summed E-state index contributed by atoms with van der Waals surface area (Å²) in [4.78, 5) is 36.2. The Bertz CT molecular complexity index is 2050. The van der Waals surface area contributed by atoms with Gasteiger partial charge in [0.15, 0.2) is 5.76 Å². The SMILES string of the molecule is COC(=O)C(NS(=O)(=O)c1ccc(-c2ccc(NC(=O)c3oc4cccc(-c5cccc([N+](=O)[O-])c5)c4c3C)cc2)cc1)C(C)C. The first-order valence-electron chi connectivity index (χ1n) is 14.3. The second-order valence-corrected chi connectivity index (χ2v) is 12.7. The van der Waals surface area contributed by atoms with Crippen molar-refractivity contribution in [2.75, 3.05) is 12.4 Å². The number of nitro benzene ring substituents is 1. The highest BCUT2D eigenvalue weighted by Crippen LogP contribution is 2.36. The van der Waals surface area contributed by atoms with Gasteiger partial charge in [0.25, 0.3) is 11.6 Å². The Labute approximate surface area is 265 Å². The summed E-state index contributed by atoms with van der Waals surface area (Å²) in [5.41, 5.74) is 4.43. The van der Waals surface area contributed by atoms with Gasteiger partial charge in [0.05, 0.1) is 16.9 Å². The van der Waals surface area contributed by atoms with E-state index in [9.17, 15) is 28.1 Å². The highest BCUT2D eigenvalue weighted by molar-refractivity contribution is 7.89. The molecule has 5 rings (SSSR count). The zero-order valence-corrected chi connectivity index (χ0v) is 26.3. The molecule has 0 saturated heterocycles. The lowest BCUT2D eigenvalue weighted by molar-refractivity contribution is -0.384. The van der Waals surface area contributed by atoms with Gasteiger partial charge in [0.1, 0.15) is 11.6 Å². The van der Waals surface area contributed by atoms with Crippen LogP contribution in [0, 0.1) is 23.0 Å². The summed E-state index contributed by atoms with van der Waals surface area (Å²) in [6.45, 7) is 5.20. The van der Waals surface area contributed by atoms with Gasteiger partial charge in [-0.25, -0.2) is 8.42 Å². The number of fused-ring (bicyclic) bond motifs is 1. The monoisotopic (exact) mass is 641 g/mol. The van der Waals surface area contributed by atoms with E-state index in [0.29, 0.717) is 33.3 Å². The Morgan fingerprint density at radius 1 is 0.891 bits per heavy atom. The van der Waals surface area contributed by atoms with E-state index >= 15 is 0 Å². The Kier molecular flexibility index (Phi) is 9.03. The van der Waals surface area contributed by atoms with Crippen LogP contribution in [0.1, 0.15) is 30.0 Å². The molecule has 0 saturated carbocycles. The van der Waals surface area contributed by atoms with Crippen molar-refractivity contribution >= 4 is 44.2 Å². The summed E-state index contributed by atoms with van der Waals surface area (Å²) in [6.07, 6.45) is 0. The molecule has 0 bridgehead atoms. The summed E-state index contributed by atoms with van der Waals surface area (Å²) >= 11 is 0. The maximum Gasteiger partial charge on any atom is 0.324 e. The lowest BCUT2D eigenvalue weighted by Crippen LogP contribution is -2.44. The molecule has 0 aliphatic carbocycles. The Morgan fingerprint density at radius 2 is 1.52 bits per heavy atom. The van der Waals surface area contributed by atoms with E-state index in [1.807, 2.05) is 6.07 Å². The van der Waals surface area contributed by atoms with Crippen molar-refractivity contribution in [1.29, 1.82) is 0 Å². The van der Waals surface area contributed by atoms with Crippen molar-refractivity contribution in [2.45, 2.75) is 31.7 Å². The van der Waals surface area contributed by atoms with Gasteiger partial charge in [-0.1, -0.05) is 62.4 Å². The number of ether oxygens (including phenoxy) is 1. The van der Waals surface area contributed by atoms with Crippen LogP contribution < -0.4 is 10.0 Å². The lowest BCUT2D eigenvalue weighted by atomic mass is 9.98. The number of nitrogens with one attached hydrogen (secondary N) is 2. The van der Waals surface area contributed by atoms with Crippen LogP contribution in [-0.2, 0) is 19.6 Å². The number of aryl methyl sites for hydroxylation is 1. The van der Waals surface area contributed by atoms with Gasteiger partial charge in [-0.2, -0.15) is 4.72 Å². The maximum absolute atomic E-state index is 13.3. The van der Waals surface area contributed by atoms with Gasteiger partial charge in [-0.15, -0.1) is 0 Å². The predicted octanol–water partition coefficient (Wildman–Crippen LogP) is 6.71. The van der Waals surface area contributed by atoms with Gasteiger partial charge in [0.2, 0.25) is 10.0 Å². The molecule has 0 aliphatic heterocycles. The molecule has 236 valence electrons. The number of sulfonamides is 1. The summed E-state index contributed by atoms with van der Waals surface area (Å²) in [5, 5.41) is 14.8. The number of rotatable bonds is 10. The van der Waals surface area contributed by atoms with E-state index in [4.69, 9.17) is 9.15 Å². The summed E-state index contributed by atoms with van der Waals surface area (Å²) in [5.74, 6) is -1.31. The number of hydrogen-bond acceptors (Lipinski definition) is 8. The van der Waals surface area contributed by atoms with E-state index in [1.165, 1.54) is 31.4 Å². The molecule has 0 fully saturated rings. The minimum Gasteiger partial charge on any atom is -0.468 e. The number of hydrogen-bond donors (Lipinski definition) is 2. The quantitative estimate of drug-likeness (QED) is 0.0967. The smallest absolute Gasteiger partial charge is 0.324 e. The van der Waals surface area contributed by atoms with Crippen molar-refractivity contribution in [1.82, 2.24) is 4.72 Å². The van der Waals surface area contributed by atoms with Crippen LogP contribution in [0.25, 0.3) is 33.2 Å². The molecule has 4 aromatic carbocycles. The van der Waals surface area contributed by atoms with Gasteiger partial charge >= 0.3 is 5.97 Å². The maximum atomic E-state index is 13.3. The fraction of sp³-hybridized carbons (Fsp3) is 0.176. The Balaban J connectivity index is 1.32. The number of anilines is 1. The number of carbonyl (C=O) groups is 2. The van der Waals surface area contributed by atoms with Crippen LogP contribution >= 0.6 is 0 Å². The summed E-state index contributed by atoms with van der Waals surface area (Å²) in [6, 6.07) is 23.8. The number of amides is 1. The predicted molar refractivity (Wildman–Crippen MR) is 174 cm³/mol. The third kappa shape index (κ3) is 6.53. The molecule has 1 unspecified atom stereocenters. The molecule has 2 N–H and O–H groups in total. The van der Waals surface area contributed by atoms with Crippen LogP contribution in [-0.4, -0.2) is 38.4 Å². The lowest BCUT2D eigenvalue weighted by Gasteiger charge is -2.19. The van der Waals surface area contributed by atoms with Crippen LogP contribution in [0.3, 0.4) is 0 Å². The van der Waals surface area contributed by atoms with Gasteiger partial charge < -0.3 is 14.5 Å². The molecule has 0 spiro atoms. The van der Waals surface area contributed by atoms with Crippen LogP contribution in [0.2, 0.25) is 0 Å². The minimum absolute atomic E-state index is 0.00420. The zero-order chi connectivity index (χ0) is 33.2. The van der Waals surface area contributed by atoms with E-state index in [2.05, 4.69) is 10.0 Å². The van der Waals surface area contributed by atoms with E-state index in [-0.39, 0.29) is 22.3 Å². The van der Waals surface area contributed by atoms with Gasteiger partial charge in [0, 0.05) is 28.8 Å². The molecule has 11 nitrogen and oxygen atoms in total. The van der Waals surface area contributed by atoms with Crippen LogP contribution in [0.5, 0.6) is 0 Å². The molecular formula is C34H31N3O8S. The minimum atomic E-state index is -3.98. The van der Waals surface area contributed by atoms with Gasteiger partial charge in [-0.3, -0.25) is 19.7 Å². The number of nitrogens with zero attached hydrogens (tertiary/aromatic N) is 1. The number of non-ortho nitro benzene ring substituents is 1. The molecule has 46 heavy (non-hydrogen) atoms. The van der Waals surface area contributed by atoms with E-state index in [0.717, 1.165) is 11.1 Å². The highest BCUT2D eigenvalue weighted by Gasteiger charge is 2.29. The van der Waals surface area contributed by atoms with E-state index < -0.39 is 32.9 Å². The molecule has 0 aliphatic rings. The number of carbonyl (C=O) groups excluding carboxylic acids is 2. The molecule has 0 radical (unpaired) electrons. The van der Waals surface area contributed by atoms with Crippen LogP contribution in [0.4, 0.5) is 11.4 Å². The molecule has 1 aromatic heterocycles. The number of nitro groups is 1. The first-order chi connectivity index (χ1) is 21.9. The standard InChI is InChI=1S/C34H31N3O8S/c1-20(2)31(34(39)44-4)36-46(42,43)27-17-13-23(14-18-27)22-11-15-25(16-12-22)35-33(38)32-21(3)30-28(9-6-10-29(30)45-32)24-7-5-8-26(19-24)37(40)41/h5-20,31,36H,1-4H3,(H,35,38). The molecule has 12 heteroatoms. The molecular weight excluding hydrogens is 610 g/mol. The number of esters is 1. The number of benzene rings is 4. The second kappa shape index (κ2) is 13.0. The highest BCUT2D eigenvalue weighted by atomic mass is 32.2. The largest absolute Gasteiger partial charge is 0.468 e. The van der Waals surface area contributed by atoms with Gasteiger partial charge in [-0.05, 0) is 65.4 Å². The molecule has 5 aromatic rings. The second-order valence-electron chi connectivity index (χ2n) is 11.0. The fourth-order valence-corrected chi connectivity index (χ4v) is 6.46. The van der Waals surface area contributed by atoms with Crippen molar-refractivity contribution in [3.63, 3.8) is 0 Å². The number of methoxy groups -OCH3 is 1. The van der Waals surface area contributed by atoms with Crippen molar-refractivity contribution in [2.24, 2.45) is 5.92 Å². The topological polar surface area (TPSA) is 158 Å². The first kappa shape index (κ1) is 32.1. The Morgan fingerprint density at radius 3 is 2.13 bits per heavy atom. The van der Waals surface area contributed by atoms with E-state index in [1.54, 1.807) is 81.4 Å².